The summed E-state index contributed by atoms with van der Waals surface area (Å²) in [5, 5.41) is 11.2. The zero-order valence-corrected chi connectivity index (χ0v) is 15.9. The minimum Gasteiger partial charge on any atom is -0.466 e. The molecule has 0 atom stereocenters. The van der Waals surface area contributed by atoms with E-state index in [9.17, 15) is 19.7 Å². The molecule has 1 saturated carbocycles. The van der Waals surface area contributed by atoms with Gasteiger partial charge in [0.1, 0.15) is 0 Å². The summed E-state index contributed by atoms with van der Waals surface area (Å²) in [6.07, 6.45) is 6.35. The molecule has 1 aliphatic carbocycles. The Kier molecular flexibility index (Phi) is 8.23. The number of carbonyl (C=O) groups excluding carboxylic acids is 2. The molecule has 7 nitrogen and oxygen atoms in total. The van der Waals surface area contributed by atoms with Crippen LogP contribution >= 0.6 is 0 Å². The van der Waals surface area contributed by atoms with Crippen LogP contribution in [0, 0.1) is 10.1 Å². The van der Waals surface area contributed by atoms with E-state index in [-0.39, 0.29) is 36.4 Å². The van der Waals surface area contributed by atoms with Crippen molar-refractivity contribution in [2.45, 2.75) is 64.3 Å². The van der Waals surface area contributed by atoms with Gasteiger partial charge in [0.25, 0.3) is 5.69 Å². The molecule has 2 rings (SSSR count). The summed E-state index contributed by atoms with van der Waals surface area (Å²) in [6.45, 7) is 2.36. The molecule has 0 radical (unpaired) electrons. The van der Waals surface area contributed by atoms with Gasteiger partial charge >= 0.3 is 5.97 Å². The van der Waals surface area contributed by atoms with Gasteiger partial charge < -0.3 is 9.64 Å². The summed E-state index contributed by atoms with van der Waals surface area (Å²) in [5.41, 5.74) is 0.360. The number of carbonyl (C=O) groups is 2. The molecule has 0 aliphatic heterocycles. The second-order valence-corrected chi connectivity index (χ2v) is 6.85. The van der Waals surface area contributed by atoms with Crippen LogP contribution in [0.2, 0.25) is 0 Å². The molecule has 7 heteroatoms. The molecule has 1 amide bonds. The Labute approximate surface area is 159 Å². The lowest BCUT2D eigenvalue weighted by molar-refractivity contribution is -0.385. The Bertz CT molecular complexity index is 654. The average Bonchev–Trinajstić information content (AvgIpc) is 2.92. The molecule has 0 spiro atoms. The SMILES string of the molecule is CCOC(=O)CCN(C(=O)Cc1ccccc1[N+](=O)[O-])C1CCCCCC1. The minimum absolute atomic E-state index is 0.0313. The molecule has 0 N–H and O–H groups in total. The molecule has 0 bridgehead atoms. The van der Waals surface area contributed by atoms with Crippen LogP contribution in [0.25, 0.3) is 0 Å². The van der Waals surface area contributed by atoms with Crippen molar-refractivity contribution in [2.24, 2.45) is 0 Å². The number of ether oxygens (including phenoxy) is 1. The Morgan fingerprint density at radius 3 is 2.48 bits per heavy atom. The van der Waals surface area contributed by atoms with Crippen molar-refractivity contribution in [1.82, 2.24) is 4.90 Å². The fraction of sp³-hybridized carbons (Fsp3) is 0.600. The Hall–Kier alpha value is -2.44. The van der Waals surface area contributed by atoms with E-state index in [0.717, 1.165) is 38.5 Å². The van der Waals surface area contributed by atoms with Crippen LogP contribution < -0.4 is 0 Å². The number of para-hydroxylation sites is 1. The van der Waals surface area contributed by atoms with Crippen molar-refractivity contribution in [3.05, 3.63) is 39.9 Å². The lowest BCUT2D eigenvalue weighted by Gasteiger charge is -2.31. The number of rotatable bonds is 8. The first-order valence-electron chi connectivity index (χ1n) is 9.70. The molecule has 148 valence electrons. The molecule has 1 aliphatic rings. The van der Waals surface area contributed by atoms with E-state index in [1.54, 1.807) is 30.0 Å². The van der Waals surface area contributed by atoms with Gasteiger partial charge in [-0.25, -0.2) is 0 Å². The van der Waals surface area contributed by atoms with Gasteiger partial charge in [0, 0.05) is 24.2 Å². The summed E-state index contributed by atoms with van der Waals surface area (Å²) in [4.78, 5) is 37.3. The summed E-state index contributed by atoms with van der Waals surface area (Å²) >= 11 is 0. The summed E-state index contributed by atoms with van der Waals surface area (Å²) in [6, 6.07) is 6.40. The van der Waals surface area contributed by atoms with Crippen molar-refractivity contribution in [3.8, 4) is 0 Å². The van der Waals surface area contributed by atoms with Gasteiger partial charge in [-0.05, 0) is 19.8 Å². The number of esters is 1. The molecular formula is C20H28N2O5. The maximum absolute atomic E-state index is 13.0. The zero-order valence-electron chi connectivity index (χ0n) is 15.9. The van der Waals surface area contributed by atoms with Crippen LogP contribution in [-0.2, 0) is 20.7 Å². The number of hydrogen-bond acceptors (Lipinski definition) is 5. The van der Waals surface area contributed by atoms with Crippen molar-refractivity contribution in [2.75, 3.05) is 13.2 Å². The summed E-state index contributed by atoms with van der Waals surface area (Å²) in [7, 11) is 0. The first-order chi connectivity index (χ1) is 13.0. The zero-order chi connectivity index (χ0) is 19.6. The van der Waals surface area contributed by atoms with Gasteiger partial charge in [0.15, 0.2) is 0 Å². The number of amides is 1. The number of hydrogen-bond donors (Lipinski definition) is 0. The van der Waals surface area contributed by atoms with Gasteiger partial charge in [-0.3, -0.25) is 19.7 Å². The second-order valence-electron chi connectivity index (χ2n) is 6.85. The normalized spacial score (nSPS) is 15.0. The van der Waals surface area contributed by atoms with Gasteiger partial charge in [0.2, 0.25) is 5.91 Å². The van der Waals surface area contributed by atoms with E-state index in [4.69, 9.17) is 4.74 Å². The standard InChI is InChI=1S/C20H28N2O5/c1-2-27-20(24)13-14-21(17-10-5-3-4-6-11-17)19(23)15-16-9-7-8-12-18(16)22(25)26/h7-9,12,17H,2-6,10-11,13-15H2,1H3. The van der Waals surface area contributed by atoms with Gasteiger partial charge in [-0.15, -0.1) is 0 Å². The third-order valence-electron chi connectivity index (χ3n) is 4.98. The number of nitrogens with zero attached hydrogens (tertiary/aromatic N) is 2. The molecule has 0 heterocycles. The molecule has 1 fully saturated rings. The smallest absolute Gasteiger partial charge is 0.307 e. The van der Waals surface area contributed by atoms with Gasteiger partial charge in [-0.1, -0.05) is 43.9 Å². The van der Waals surface area contributed by atoms with Gasteiger partial charge in [0.05, 0.1) is 24.4 Å². The number of nitro groups is 1. The highest BCUT2D eigenvalue weighted by molar-refractivity contribution is 5.81. The second kappa shape index (κ2) is 10.6. The molecule has 27 heavy (non-hydrogen) atoms. The maximum atomic E-state index is 13.0. The molecule has 1 aromatic carbocycles. The van der Waals surface area contributed by atoms with E-state index in [0.29, 0.717) is 18.7 Å². The molecular weight excluding hydrogens is 348 g/mol. The minimum atomic E-state index is -0.461. The highest BCUT2D eigenvalue weighted by Crippen LogP contribution is 2.24. The highest BCUT2D eigenvalue weighted by Gasteiger charge is 2.27. The molecule has 0 unspecified atom stereocenters. The fourth-order valence-electron chi connectivity index (χ4n) is 3.63. The fourth-order valence-corrected chi connectivity index (χ4v) is 3.63. The summed E-state index contributed by atoms with van der Waals surface area (Å²) < 4.78 is 4.99. The lowest BCUT2D eigenvalue weighted by atomic mass is 10.0. The van der Waals surface area contributed by atoms with Crippen molar-refractivity contribution in [1.29, 1.82) is 0 Å². The van der Waals surface area contributed by atoms with E-state index in [2.05, 4.69) is 0 Å². The summed E-state index contributed by atoms with van der Waals surface area (Å²) in [5.74, 6) is -0.491. The van der Waals surface area contributed by atoms with E-state index < -0.39 is 4.92 Å². The first-order valence-corrected chi connectivity index (χ1v) is 9.70. The Balaban J connectivity index is 2.14. The van der Waals surface area contributed by atoms with Crippen LogP contribution in [0.5, 0.6) is 0 Å². The number of benzene rings is 1. The Morgan fingerprint density at radius 2 is 1.85 bits per heavy atom. The third-order valence-corrected chi connectivity index (χ3v) is 4.98. The van der Waals surface area contributed by atoms with Crippen LogP contribution in [0.4, 0.5) is 5.69 Å². The number of nitro benzene ring substituents is 1. The van der Waals surface area contributed by atoms with Crippen LogP contribution in [0.1, 0.15) is 57.4 Å². The molecule has 0 saturated heterocycles. The van der Waals surface area contributed by atoms with E-state index in [1.807, 2.05) is 0 Å². The predicted octanol–water partition coefficient (Wildman–Crippen LogP) is 3.64. The first kappa shape index (κ1) is 20.9. The lowest BCUT2D eigenvalue weighted by Crippen LogP contribution is -2.42. The van der Waals surface area contributed by atoms with Crippen molar-refractivity contribution >= 4 is 17.6 Å². The molecule has 0 aromatic heterocycles. The van der Waals surface area contributed by atoms with E-state index >= 15 is 0 Å². The monoisotopic (exact) mass is 376 g/mol. The third kappa shape index (κ3) is 6.34. The van der Waals surface area contributed by atoms with E-state index in [1.165, 1.54) is 6.07 Å². The van der Waals surface area contributed by atoms with Gasteiger partial charge in [-0.2, -0.15) is 0 Å². The highest BCUT2D eigenvalue weighted by atomic mass is 16.6. The largest absolute Gasteiger partial charge is 0.466 e. The quantitative estimate of drug-likeness (QED) is 0.299. The van der Waals surface area contributed by atoms with Crippen molar-refractivity contribution < 1.29 is 19.2 Å². The van der Waals surface area contributed by atoms with Crippen LogP contribution in [-0.4, -0.2) is 40.9 Å². The molecule has 1 aromatic rings. The maximum Gasteiger partial charge on any atom is 0.307 e. The van der Waals surface area contributed by atoms with Crippen LogP contribution in [0.15, 0.2) is 24.3 Å². The topological polar surface area (TPSA) is 89.8 Å². The average molecular weight is 376 g/mol. The predicted molar refractivity (Wildman–Crippen MR) is 101 cm³/mol. The van der Waals surface area contributed by atoms with Crippen LogP contribution in [0.3, 0.4) is 0 Å². The Morgan fingerprint density at radius 1 is 1.19 bits per heavy atom. The van der Waals surface area contributed by atoms with Crippen molar-refractivity contribution in [3.63, 3.8) is 0 Å².